The molecular formula is C47H62N8O11. The van der Waals surface area contributed by atoms with E-state index in [-0.39, 0.29) is 30.4 Å². The van der Waals surface area contributed by atoms with E-state index in [1.165, 1.54) is 6.20 Å². The number of nitrogens with zero attached hydrogens (tertiary/aromatic N) is 2. The fourth-order valence-corrected chi connectivity index (χ4v) is 8.99. The minimum Gasteiger partial charge on any atom is -0.478 e. The smallest absolute Gasteiger partial charge is 0.338 e. The number of hydrogen-bond donors (Lipinski definition) is 7. The molecule has 1 aliphatic heterocycles. The number of carboxylic acids is 1. The summed E-state index contributed by atoms with van der Waals surface area (Å²) in [5.41, 5.74) is 4.59. The van der Waals surface area contributed by atoms with Crippen LogP contribution in [0.15, 0.2) is 48.8 Å². The fourth-order valence-electron chi connectivity index (χ4n) is 8.99. The van der Waals surface area contributed by atoms with Crippen molar-refractivity contribution in [2.24, 2.45) is 23.0 Å². The molecule has 3 aliphatic rings. The summed E-state index contributed by atoms with van der Waals surface area (Å²) in [6.45, 7) is 4.43. The number of carbonyl (C=O) groups is 10. The Labute approximate surface area is 383 Å². The largest absolute Gasteiger partial charge is 0.478 e. The van der Waals surface area contributed by atoms with Gasteiger partial charge in [-0.3, -0.25) is 48.1 Å². The molecule has 356 valence electrons. The molecule has 2 saturated carbocycles. The minimum atomic E-state index is -1.61. The topological polar surface area (TPSA) is 293 Å². The van der Waals surface area contributed by atoms with E-state index < -0.39 is 119 Å². The predicted octanol–water partition coefficient (Wildman–Crippen LogP) is 1.86. The molecule has 5 atom stereocenters. The zero-order chi connectivity index (χ0) is 48.1. The summed E-state index contributed by atoms with van der Waals surface area (Å²) in [4.78, 5) is 139. The number of hydrogen-bond acceptors (Lipinski definition) is 11. The molecule has 1 saturated heterocycles. The van der Waals surface area contributed by atoms with E-state index >= 15 is 0 Å². The first kappa shape index (κ1) is 50.5. The van der Waals surface area contributed by atoms with Crippen LogP contribution in [0.2, 0.25) is 0 Å². The lowest BCUT2D eigenvalue weighted by molar-refractivity contribution is -0.145. The average molecular weight is 915 g/mol. The maximum absolute atomic E-state index is 14.6. The third-order valence-electron chi connectivity index (χ3n) is 12.7. The highest BCUT2D eigenvalue weighted by molar-refractivity contribution is 6.36. The summed E-state index contributed by atoms with van der Waals surface area (Å²) in [7, 11) is 0. The van der Waals surface area contributed by atoms with Gasteiger partial charge in [-0.05, 0) is 61.0 Å². The molecule has 2 aliphatic carbocycles. The van der Waals surface area contributed by atoms with Crippen molar-refractivity contribution in [3.8, 4) is 0 Å². The van der Waals surface area contributed by atoms with Crippen LogP contribution in [-0.4, -0.2) is 111 Å². The van der Waals surface area contributed by atoms with E-state index in [0.717, 1.165) is 74.1 Å². The Balaban J connectivity index is 1.35. The Morgan fingerprint density at radius 3 is 2.00 bits per heavy atom. The van der Waals surface area contributed by atoms with Crippen LogP contribution in [0.4, 0.5) is 0 Å². The summed E-state index contributed by atoms with van der Waals surface area (Å²) in [5.74, 6) is -9.07. The molecule has 2 aromatic rings. The highest BCUT2D eigenvalue weighted by Crippen LogP contribution is 2.30. The highest BCUT2D eigenvalue weighted by Gasteiger charge is 2.46. The molecule has 0 unspecified atom stereocenters. The van der Waals surface area contributed by atoms with Gasteiger partial charge in [-0.2, -0.15) is 0 Å². The first-order valence-electron chi connectivity index (χ1n) is 22.7. The van der Waals surface area contributed by atoms with Gasteiger partial charge in [0, 0.05) is 31.8 Å². The van der Waals surface area contributed by atoms with Gasteiger partial charge in [-0.1, -0.05) is 89.6 Å². The lowest BCUT2D eigenvalue weighted by atomic mass is 9.81. The van der Waals surface area contributed by atoms with Crippen LogP contribution in [0.5, 0.6) is 0 Å². The number of rotatable bonds is 19. The lowest BCUT2D eigenvalue weighted by Crippen LogP contribution is -2.62. The van der Waals surface area contributed by atoms with Crippen molar-refractivity contribution in [2.45, 2.75) is 141 Å². The molecule has 2 heterocycles. The second-order valence-corrected chi connectivity index (χ2v) is 18.6. The number of Topliss-reactive ketones (excluding diaryl/α,β-unsaturated/α-hetero) is 2. The first-order valence-corrected chi connectivity index (χ1v) is 22.7. The predicted molar refractivity (Wildman–Crippen MR) is 238 cm³/mol. The maximum Gasteiger partial charge on any atom is 0.338 e. The molecule has 19 heteroatoms. The minimum absolute atomic E-state index is 0.0457. The molecule has 1 aromatic carbocycles. The molecule has 0 radical (unpaired) electrons. The molecule has 0 bridgehead atoms. The van der Waals surface area contributed by atoms with Crippen LogP contribution in [0, 0.1) is 17.3 Å². The summed E-state index contributed by atoms with van der Waals surface area (Å²) < 4.78 is 0. The van der Waals surface area contributed by atoms with Crippen LogP contribution in [-0.2, 0) is 44.9 Å². The zero-order valence-corrected chi connectivity index (χ0v) is 37.8. The summed E-state index contributed by atoms with van der Waals surface area (Å²) >= 11 is 0. The number of primary amides is 1. The van der Waals surface area contributed by atoms with Gasteiger partial charge in [0.2, 0.25) is 35.3 Å². The van der Waals surface area contributed by atoms with Crippen molar-refractivity contribution in [1.82, 2.24) is 36.5 Å². The van der Waals surface area contributed by atoms with Crippen LogP contribution < -0.4 is 32.3 Å². The first-order chi connectivity index (χ1) is 31.3. The standard InChI is InChI=1S/C47H62N8O11/c1-47(2,3)38(54-41(60)33(51-40(59)31-21-22-49-25-32(31)46(65)66)19-20-35(57)43(62)50-24-27-13-7-4-8-14-27)45(64)55-26-30(56)23-34(55)42(61)53-37(29-17-11-6-12-18-29)44(63)52-36(39(48)58)28-15-9-5-10-16-28/h4,7-8,13-14,21-22,25,28-29,33-34,36-38H,5-6,9-12,15-20,23-24,26H2,1-3H3,(H2,48,58)(H,50,62)(H,51,59)(H,52,63)(H,53,61)(H,54,60)(H,65,66)/t33-,34-,36-,37-,38+/m0/s1. The number of carboxylic acid groups (broad SMARTS) is 1. The number of ketones is 2. The summed E-state index contributed by atoms with van der Waals surface area (Å²) in [5, 5.41) is 23.0. The Hall–Kier alpha value is -6.53. The van der Waals surface area contributed by atoms with E-state index in [4.69, 9.17) is 5.73 Å². The third-order valence-corrected chi connectivity index (χ3v) is 12.7. The highest BCUT2D eigenvalue weighted by atomic mass is 16.4. The normalized spacial score (nSPS) is 18.7. The molecule has 1 aromatic heterocycles. The van der Waals surface area contributed by atoms with Gasteiger partial charge >= 0.3 is 5.97 Å². The Morgan fingerprint density at radius 2 is 1.41 bits per heavy atom. The number of aromatic carboxylic acids is 1. The van der Waals surface area contributed by atoms with Crippen LogP contribution >= 0.6 is 0 Å². The van der Waals surface area contributed by atoms with E-state index in [1.54, 1.807) is 51.1 Å². The van der Waals surface area contributed by atoms with Gasteiger partial charge in [0.05, 0.1) is 17.7 Å². The molecule has 66 heavy (non-hydrogen) atoms. The van der Waals surface area contributed by atoms with Gasteiger partial charge in [0.25, 0.3) is 11.8 Å². The van der Waals surface area contributed by atoms with Crippen molar-refractivity contribution >= 4 is 58.9 Å². The molecule has 5 rings (SSSR count). The van der Waals surface area contributed by atoms with E-state index in [1.807, 2.05) is 0 Å². The average Bonchev–Trinajstić information content (AvgIpc) is 3.71. The third kappa shape index (κ3) is 13.5. The number of nitrogens with two attached hydrogens (primary N) is 1. The molecule has 3 fully saturated rings. The number of likely N-dealkylation sites (tertiary alicyclic amines) is 1. The molecular weight excluding hydrogens is 853 g/mol. The van der Waals surface area contributed by atoms with Crippen molar-refractivity contribution in [3.05, 3.63) is 65.5 Å². The lowest BCUT2D eigenvalue weighted by Gasteiger charge is -2.37. The number of benzene rings is 1. The zero-order valence-electron chi connectivity index (χ0n) is 37.8. The molecule has 7 amide bonds. The van der Waals surface area contributed by atoms with E-state index in [2.05, 4.69) is 31.6 Å². The van der Waals surface area contributed by atoms with Gasteiger partial charge in [-0.25, -0.2) is 4.79 Å². The van der Waals surface area contributed by atoms with Gasteiger partial charge in [-0.15, -0.1) is 0 Å². The van der Waals surface area contributed by atoms with Crippen LogP contribution in [0.3, 0.4) is 0 Å². The maximum atomic E-state index is 14.6. The Bertz CT molecular complexity index is 2150. The molecule has 8 N–H and O–H groups in total. The van der Waals surface area contributed by atoms with Crippen LogP contribution in [0.1, 0.15) is 131 Å². The summed E-state index contributed by atoms with van der Waals surface area (Å²) in [6.07, 6.45) is 8.79. The number of carbonyl (C=O) groups excluding carboxylic acids is 9. The number of nitrogens with one attached hydrogen (secondary N) is 5. The number of amides is 7. The van der Waals surface area contributed by atoms with Gasteiger partial charge in [0.15, 0.2) is 5.78 Å². The monoisotopic (exact) mass is 914 g/mol. The van der Waals surface area contributed by atoms with E-state index in [0.29, 0.717) is 12.8 Å². The molecule has 0 spiro atoms. The van der Waals surface area contributed by atoms with Crippen molar-refractivity contribution in [2.75, 3.05) is 6.54 Å². The van der Waals surface area contributed by atoms with Crippen molar-refractivity contribution < 1.29 is 53.1 Å². The Kier molecular flexibility index (Phi) is 17.6. The SMILES string of the molecule is CC(C)(C)[C@H](NC(=O)[C@H](CCC(=O)C(=O)NCc1ccccc1)NC(=O)c1ccncc1C(=O)O)C(=O)N1CC(=O)C[C@H]1C(=O)N[C@H](C(=O)N[C@H](C(N)=O)C1CCCCC1)C1CCCCC1. The Morgan fingerprint density at radius 1 is 0.788 bits per heavy atom. The summed E-state index contributed by atoms with van der Waals surface area (Å²) in [6, 6.07) is 3.47. The second kappa shape index (κ2) is 23.1. The van der Waals surface area contributed by atoms with E-state index in [9.17, 15) is 53.1 Å². The fraction of sp³-hybridized carbons (Fsp3) is 0.553. The van der Waals surface area contributed by atoms with Crippen LogP contribution in [0.25, 0.3) is 0 Å². The molecule has 19 nitrogen and oxygen atoms in total. The van der Waals surface area contributed by atoms with Crippen molar-refractivity contribution in [3.63, 3.8) is 0 Å². The van der Waals surface area contributed by atoms with Gasteiger partial charge in [0.1, 0.15) is 30.2 Å². The van der Waals surface area contributed by atoms with Crippen molar-refractivity contribution in [1.29, 1.82) is 0 Å². The number of pyridine rings is 1. The van der Waals surface area contributed by atoms with Gasteiger partial charge < -0.3 is 42.3 Å². The quantitative estimate of drug-likeness (QED) is 0.0995. The second-order valence-electron chi connectivity index (χ2n) is 18.6. The number of aromatic nitrogens is 1.